The number of rotatable bonds is 5. The van der Waals surface area contributed by atoms with Crippen molar-refractivity contribution in [3.05, 3.63) is 28.8 Å². The van der Waals surface area contributed by atoms with Crippen molar-refractivity contribution in [2.24, 2.45) is 4.99 Å². The Morgan fingerprint density at radius 2 is 1.97 bits per heavy atom. The van der Waals surface area contributed by atoms with E-state index in [0.717, 1.165) is 30.0 Å². The molecule has 1 amide bonds. The molecule has 0 radical (unpaired) electrons. The SMILES string of the molecule is O=C(O)CCCC(=O)N=C1S[C@@H]2CS(=O)(=O)C[C@@H]2N1c1cc(C(F)(F)F)ccc1Cl. The molecular weight excluding hydrogens is 469 g/mol. The van der Waals surface area contributed by atoms with Gasteiger partial charge >= 0.3 is 12.1 Å². The predicted octanol–water partition coefficient (Wildman–Crippen LogP) is 3.22. The maximum Gasteiger partial charge on any atom is 0.416 e. The van der Waals surface area contributed by atoms with E-state index in [2.05, 4.69) is 4.99 Å². The van der Waals surface area contributed by atoms with E-state index >= 15 is 0 Å². The molecule has 2 heterocycles. The lowest BCUT2D eigenvalue weighted by molar-refractivity contribution is -0.138. The van der Waals surface area contributed by atoms with Crippen molar-refractivity contribution >= 4 is 55.9 Å². The first-order valence-corrected chi connectivity index (χ1v) is 11.8. The zero-order valence-corrected chi connectivity index (χ0v) is 17.6. The minimum Gasteiger partial charge on any atom is -0.481 e. The van der Waals surface area contributed by atoms with E-state index < -0.39 is 44.7 Å². The van der Waals surface area contributed by atoms with Gasteiger partial charge in [-0.15, -0.1) is 0 Å². The van der Waals surface area contributed by atoms with E-state index in [0.29, 0.717) is 0 Å². The Morgan fingerprint density at radius 3 is 2.60 bits per heavy atom. The number of amides is 1. The molecule has 0 spiro atoms. The highest BCUT2D eigenvalue weighted by molar-refractivity contribution is 8.16. The molecule has 2 aliphatic heterocycles. The highest BCUT2D eigenvalue weighted by atomic mass is 35.5. The lowest BCUT2D eigenvalue weighted by Crippen LogP contribution is -2.38. The summed E-state index contributed by atoms with van der Waals surface area (Å²) in [6.45, 7) is 0. The summed E-state index contributed by atoms with van der Waals surface area (Å²) >= 11 is 7.13. The number of carboxylic acids is 1. The second-order valence-electron chi connectivity index (χ2n) is 6.87. The summed E-state index contributed by atoms with van der Waals surface area (Å²) in [5.41, 5.74) is -1.05. The van der Waals surface area contributed by atoms with Crippen molar-refractivity contribution in [3.8, 4) is 0 Å². The number of anilines is 1. The minimum atomic E-state index is -4.64. The van der Waals surface area contributed by atoms with Gasteiger partial charge in [0.15, 0.2) is 15.0 Å². The number of aliphatic imine (C=N–C) groups is 1. The number of aliphatic carboxylic acids is 1. The number of carbonyl (C=O) groups is 2. The zero-order valence-electron chi connectivity index (χ0n) is 15.2. The number of fused-ring (bicyclic) bond motifs is 1. The minimum absolute atomic E-state index is 0.0421. The van der Waals surface area contributed by atoms with Gasteiger partial charge < -0.3 is 10.0 Å². The van der Waals surface area contributed by atoms with Crippen LogP contribution in [-0.4, -0.2) is 53.4 Å². The highest BCUT2D eigenvalue weighted by Crippen LogP contribution is 2.44. The van der Waals surface area contributed by atoms with Crippen molar-refractivity contribution in [1.29, 1.82) is 0 Å². The first kappa shape index (κ1) is 22.9. The molecule has 0 aromatic heterocycles. The van der Waals surface area contributed by atoms with Crippen LogP contribution in [0.1, 0.15) is 24.8 Å². The van der Waals surface area contributed by atoms with Gasteiger partial charge in [-0.05, 0) is 24.6 Å². The van der Waals surface area contributed by atoms with E-state index in [4.69, 9.17) is 16.7 Å². The second kappa shape index (κ2) is 8.39. The van der Waals surface area contributed by atoms with Gasteiger partial charge in [-0.1, -0.05) is 23.4 Å². The monoisotopic (exact) mass is 484 g/mol. The van der Waals surface area contributed by atoms with Crippen LogP contribution in [0, 0.1) is 0 Å². The van der Waals surface area contributed by atoms with Crippen molar-refractivity contribution < 1.29 is 36.3 Å². The highest BCUT2D eigenvalue weighted by Gasteiger charge is 2.50. The number of hydrogen-bond acceptors (Lipinski definition) is 5. The number of nitrogens with zero attached hydrogens (tertiary/aromatic N) is 2. The third-order valence-corrected chi connectivity index (χ3v) is 8.13. The van der Waals surface area contributed by atoms with Crippen LogP contribution in [0.2, 0.25) is 5.02 Å². The fourth-order valence-corrected chi connectivity index (χ4v) is 7.41. The topological polar surface area (TPSA) is 104 Å². The fourth-order valence-electron chi connectivity index (χ4n) is 3.27. The molecule has 30 heavy (non-hydrogen) atoms. The number of halogens is 4. The van der Waals surface area contributed by atoms with Crippen LogP contribution in [0.3, 0.4) is 0 Å². The number of thioether (sulfide) groups is 1. The number of alkyl halides is 3. The van der Waals surface area contributed by atoms with E-state index in [1.165, 1.54) is 4.90 Å². The molecule has 2 saturated heterocycles. The Labute approximate surface area is 179 Å². The summed E-state index contributed by atoms with van der Waals surface area (Å²) in [6.07, 6.45) is -4.97. The maximum absolute atomic E-state index is 13.2. The Kier molecular flexibility index (Phi) is 6.40. The Hall–Kier alpha value is -1.79. The normalized spacial score (nSPS) is 24.3. The van der Waals surface area contributed by atoms with Gasteiger partial charge in [0.2, 0.25) is 5.91 Å². The van der Waals surface area contributed by atoms with E-state index in [-0.39, 0.29) is 46.6 Å². The Bertz CT molecular complexity index is 1010. The molecular formula is C17H16ClF3N2O5S2. The van der Waals surface area contributed by atoms with Crippen molar-refractivity contribution in [2.75, 3.05) is 16.4 Å². The van der Waals surface area contributed by atoms with Crippen LogP contribution in [0.4, 0.5) is 18.9 Å². The average molecular weight is 485 g/mol. The molecule has 2 fully saturated rings. The van der Waals surface area contributed by atoms with Gasteiger partial charge in [-0.3, -0.25) is 9.59 Å². The molecule has 1 aromatic carbocycles. The maximum atomic E-state index is 13.2. The summed E-state index contributed by atoms with van der Waals surface area (Å²) < 4.78 is 63.7. The lowest BCUT2D eigenvalue weighted by Gasteiger charge is -2.26. The summed E-state index contributed by atoms with van der Waals surface area (Å²) in [5.74, 6) is -2.21. The largest absolute Gasteiger partial charge is 0.481 e. The standard InChI is InChI=1S/C17H16ClF3N2O5S2/c18-10-5-4-9(17(19,20)21)6-11(10)23-12-7-30(27,28)8-13(12)29-16(23)22-14(24)2-1-3-15(25)26/h4-6,12-13H,1-3,7-8H2,(H,25,26)/t12-,13+/m0/s1. The van der Waals surface area contributed by atoms with Gasteiger partial charge in [-0.25, -0.2) is 8.42 Å². The number of hydrogen-bond donors (Lipinski definition) is 1. The molecule has 2 aliphatic rings. The number of amidine groups is 1. The molecule has 1 N–H and O–H groups in total. The van der Waals surface area contributed by atoms with Gasteiger partial charge in [-0.2, -0.15) is 18.2 Å². The summed E-state index contributed by atoms with van der Waals surface area (Å²) in [5, 5.41) is 8.17. The summed E-state index contributed by atoms with van der Waals surface area (Å²) in [4.78, 5) is 28.0. The molecule has 164 valence electrons. The van der Waals surface area contributed by atoms with Crippen LogP contribution in [0.5, 0.6) is 0 Å². The molecule has 2 atom stereocenters. The van der Waals surface area contributed by atoms with Crippen LogP contribution in [0.15, 0.2) is 23.2 Å². The Morgan fingerprint density at radius 1 is 1.27 bits per heavy atom. The number of sulfone groups is 1. The quantitative estimate of drug-likeness (QED) is 0.684. The fraction of sp³-hybridized carbons (Fsp3) is 0.471. The number of benzene rings is 1. The smallest absolute Gasteiger partial charge is 0.416 e. The van der Waals surface area contributed by atoms with Crippen molar-refractivity contribution in [2.45, 2.75) is 36.7 Å². The average Bonchev–Trinajstić information content (AvgIpc) is 3.05. The van der Waals surface area contributed by atoms with Gasteiger partial charge in [0.25, 0.3) is 0 Å². The molecule has 0 saturated carbocycles. The zero-order chi connectivity index (χ0) is 22.3. The van der Waals surface area contributed by atoms with Gasteiger partial charge in [0.1, 0.15) is 0 Å². The first-order chi connectivity index (χ1) is 13.9. The van der Waals surface area contributed by atoms with E-state index in [9.17, 15) is 31.2 Å². The van der Waals surface area contributed by atoms with E-state index in [1.807, 2.05) is 0 Å². The van der Waals surface area contributed by atoms with Crippen molar-refractivity contribution in [1.82, 2.24) is 0 Å². The summed E-state index contributed by atoms with van der Waals surface area (Å²) in [7, 11) is -3.41. The lowest BCUT2D eigenvalue weighted by atomic mass is 10.1. The van der Waals surface area contributed by atoms with Crippen LogP contribution < -0.4 is 4.90 Å². The molecule has 0 aliphatic carbocycles. The van der Waals surface area contributed by atoms with Gasteiger partial charge in [0.05, 0.1) is 33.8 Å². The molecule has 0 bridgehead atoms. The van der Waals surface area contributed by atoms with Crippen LogP contribution in [-0.2, 0) is 25.6 Å². The number of carbonyl (C=O) groups excluding carboxylic acids is 1. The molecule has 7 nitrogen and oxygen atoms in total. The third-order valence-electron chi connectivity index (χ3n) is 4.60. The molecule has 0 unspecified atom stereocenters. The van der Waals surface area contributed by atoms with Crippen LogP contribution >= 0.6 is 23.4 Å². The van der Waals surface area contributed by atoms with E-state index in [1.54, 1.807) is 0 Å². The third kappa shape index (κ3) is 5.09. The first-order valence-electron chi connectivity index (χ1n) is 8.74. The second-order valence-corrected chi connectivity index (χ2v) is 10.6. The van der Waals surface area contributed by atoms with Gasteiger partial charge in [0, 0.05) is 18.1 Å². The van der Waals surface area contributed by atoms with Crippen LogP contribution in [0.25, 0.3) is 0 Å². The Balaban J connectivity index is 1.97. The summed E-state index contributed by atoms with van der Waals surface area (Å²) in [6, 6.07) is 1.96. The van der Waals surface area contributed by atoms with Crippen molar-refractivity contribution in [3.63, 3.8) is 0 Å². The molecule has 13 heteroatoms. The molecule has 1 aromatic rings. The predicted molar refractivity (Wildman–Crippen MR) is 107 cm³/mol. The molecule has 3 rings (SSSR count). The number of carboxylic acid groups (broad SMARTS) is 1.